The predicted octanol–water partition coefficient (Wildman–Crippen LogP) is 5.13. The van der Waals surface area contributed by atoms with Crippen molar-refractivity contribution in [1.29, 1.82) is 0 Å². The molecule has 3 aromatic rings. The number of phenolic OH excluding ortho intramolecular Hbond substituents is 1. The molecule has 6 heteroatoms. The van der Waals surface area contributed by atoms with Crippen molar-refractivity contribution < 1.29 is 9.84 Å². The molecule has 0 spiro atoms. The predicted molar refractivity (Wildman–Crippen MR) is 93.1 cm³/mol. The highest BCUT2D eigenvalue weighted by molar-refractivity contribution is 9.11. The summed E-state index contributed by atoms with van der Waals surface area (Å²) in [6, 6.07) is 11.1. The van der Waals surface area contributed by atoms with Crippen LogP contribution < -0.4 is 4.73 Å². The normalized spacial score (nSPS) is 11.0. The average Bonchev–Trinajstić information content (AvgIpc) is 2.47. The first kappa shape index (κ1) is 14.8. The largest absolute Gasteiger partial charge is 0.618 e. The summed E-state index contributed by atoms with van der Waals surface area (Å²) in [5, 5.41) is 24.2. The van der Waals surface area contributed by atoms with Crippen LogP contribution in [-0.2, 0) is 0 Å². The van der Waals surface area contributed by atoms with Gasteiger partial charge in [0.15, 0.2) is 6.20 Å². The van der Waals surface area contributed by atoms with Crippen LogP contribution in [0.2, 0.25) is 0 Å². The molecular weight excluding hydrogens is 466 g/mol. The lowest BCUT2D eigenvalue weighted by Gasteiger charge is -2.13. The minimum Gasteiger partial charge on any atom is -0.618 e. The second-order valence-corrected chi connectivity index (χ2v) is 6.96. The Morgan fingerprint density at radius 3 is 2.48 bits per heavy atom. The number of hydrogen-bond acceptors (Lipinski definition) is 2. The minimum absolute atomic E-state index is 0.0566. The van der Waals surface area contributed by atoms with Crippen molar-refractivity contribution in [2.24, 2.45) is 0 Å². The Morgan fingerprint density at radius 1 is 1.00 bits per heavy atom. The van der Waals surface area contributed by atoms with Crippen molar-refractivity contribution >= 4 is 58.6 Å². The van der Waals surface area contributed by atoms with Gasteiger partial charge in [0, 0.05) is 10.5 Å². The Balaban J connectivity index is 2.47. The Bertz CT molecular complexity index is 865. The Labute approximate surface area is 146 Å². The molecule has 3 rings (SSSR count). The topological polar surface area (TPSA) is 47.2 Å². The Morgan fingerprint density at radius 2 is 1.71 bits per heavy atom. The van der Waals surface area contributed by atoms with Gasteiger partial charge in [0.1, 0.15) is 5.75 Å². The molecule has 0 bridgehead atoms. The third-order valence-electron chi connectivity index (χ3n) is 3.21. The number of nitrogens with zero attached hydrogens (tertiary/aromatic N) is 1. The summed E-state index contributed by atoms with van der Waals surface area (Å²) in [6.07, 6.45) is 1.47. The fourth-order valence-corrected chi connectivity index (χ4v) is 4.74. The summed E-state index contributed by atoms with van der Waals surface area (Å²) < 4.78 is 2.52. The lowest BCUT2D eigenvalue weighted by Crippen LogP contribution is -2.28. The van der Waals surface area contributed by atoms with Gasteiger partial charge in [-0.2, -0.15) is 4.73 Å². The van der Waals surface area contributed by atoms with Gasteiger partial charge in [-0.25, -0.2) is 0 Å². The zero-order chi connectivity index (χ0) is 15.1. The Hall–Kier alpha value is -1.11. The highest BCUT2D eigenvalue weighted by atomic mass is 79.9. The van der Waals surface area contributed by atoms with Gasteiger partial charge in [-0.1, -0.05) is 18.2 Å². The van der Waals surface area contributed by atoms with Crippen LogP contribution in [0.15, 0.2) is 56.0 Å². The monoisotopic (exact) mass is 471 g/mol. The maximum Gasteiger partial charge on any atom is 0.234 e. The first-order valence-corrected chi connectivity index (χ1v) is 8.36. The molecule has 0 saturated carbocycles. The molecule has 0 saturated heterocycles. The quantitative estimate of drug-likeness (QED) is 0.393. The highest BCUT2D eigenvalue weighted by Crippen LogP contribution is 2.45. The van der Waals surface area contributed by atoms with Crippen molar-refractivity contribution in [2.45, 2.75) is 0 Å². The fraction of sp³-hybridized carbons (Fsp3) is 0. The number of rotatable bonds is 1. The van der Waals surface area contributed by atoms with E-state index in [0.717, 1.165) is 15.5 Å². The van der Waals surface area contributed by atoms with E-state index in [1.165, 1.54) is 6.20 Å². The number of phenols is 1. The van der Waals surface area contributed by atoms with E-state index >= 15 is 0 Å². The van der Waals surface area contributed by atoms with E-state index in [9.17, 15) is 10.3 Å². The molecule has 2 aromatic carbocycles. The molecule has 1 heterocycles. The van der Waals surface area contributed by atoms with Gasteiger partial charge in [-0.15, -0.1) is 0 Å². The van der Waals surface area contributed by atoms with Crippen molar-refractivity contribution in [3.8, 4) is 17.0 Å². The molecule has 3 nitrogen and oxygen atoms in total. The van der Waals surface area contributed by atoms with Crippen LogP contribution in [0.4, 0.5) is 0 Å². The summed E-state index contributed by atoms with van der Waals surface area (Å²) >= 11 is 10.1. The van der Waals surface area contributed by atoms with Gasteiger partial charge in [0.25, 0.3) is 0 Å². The van der Waals surface area contributed by atoms with E-state index in [0.29, 0.717) is 24.7 Å². The number of hydrogen-bond donors (Lipinski definition) is 1. The molecule has 0 atom stereocenters. The fourth-order valence-electron chi connectivity index (χ4n) is 2.24. The molecule has 0 unspecified atom stereocenters. The van der Waals surface area contributed by atoms with Crippen LogP contribution in [-0.4, -0.2) is 5.11 Å². The molecule has 0 amide bonds. The molecule has 0 radical (unpaired) electrons. The SMILES string of the molecule is [O-][n+]1ccc2ccccc2c1-c1c(Br)cc(Br)c(O)c1Br. The van der Waals surface area contributed by atoms with E-state index in [-0.39, 0.29) is 5.75 Å². The zero-order valence-corrected chi connectivity index (χ0v) is 15.2. The first-order valence-electron chi connectivity index (χ1n) is 5.98. The summed E-state index contributed by atoms with van der Waals surface area (Å²) in [5.74, 6) is 0.0566. The number of fused-ring (bicyclic) bond motifs is 1. The van der Waals surface area contributed by atoms with E-state index in [2.05, 4.69) is 47.8 Å². The van der Waals surface area contributed by atoms with Crippen LogP contribution >= 0.6 is 47.8 Å². The van der Waals surface area contributed by atoms with Crippen LogP contribution in [0.5, 0.6) is 5.75 Å². The van der Waals surface area contributed by atoms with Gasteiger partial charge >= 0.3 is 0 Å². The lowest BCUT2D eigenvalue weighted by atomic mass is 10.0. The smallest absolute Gasteiger partial charge is 0.234 e. The van der Waals surface area contributed by atoms with Crippen molar-refractivity contribution in [2.75, 3.05) is 0 Å². The van der Waals surface area contributed by atoms with Gasteiger partial charge < -0.3 is 10.3 Å². The molecule has 1 aromatic heterocycles. The van der Waals surface area contributed by atoms with Crippen LogP contribution in [0.1, 0.15) is 0 Å². The molecule has 1 N–H and O–H groups in total. The molecule has 0 aliphatic carbocycles. The minimum atomic E-state index is 0.0566. The van der Waals surface area contributed by atoms with Crippen LogP contribution in [0, 0.1) is 5.21 Å². The van der Waals surface area contributed by atoms with Gasteiger partial charge in [-0.3, -0.25) is 0 Å². The van der Waals surface area contributed by atoms with Crippen LogP contribution in [0.3, 0.4) is 0 Å². The molecular formula is C15H8Br3NO2. The maximum absolute atomic E-state index is 12.3. The zero-order valence-electron chi connectivity index (χ0n) is 10.5. The third-order valence-corrected chi connectivity index (χ3v) is 5.21. The summed E-state index contributed by atoms with van der Waals surface area (Å²) in [7, 11) is 0. The molecule has 0 aliphatic rings. The van der Waals surface area contributed by atoms with Crippen molar-refractivity contribution in [3.05, 3.63) is 61.2 Å². The third kappa shape index (κ3) is 2.45. The summed E-state index contributed by atoms with van der Waals surface area (Å²) in [6.45, 7) is 0. The second-order valence-electron chi connectivity index (χ2n) is 4.46. The average molecular weight is 474 g/mol. The van der Waals surface area contributed by atoms with Crippen molar-refractivity contribution in [3.63, 3.8) is 0 Å². The van der Waals surface area contributed by atoms with Crippen molar-refractivity contribution in [1.82, 2.24) is 0 Å². The number of benzene rings is 2. The van der Waals surface area contributed by atoms with Gasteiger partial charge in [0.2, 0.25) is 5.69 Å². The standard InChI is InChI=1S/C15H8Br3NO2/c16-10-7-11(17)15(20)13(18)12(10)14-9-4-2-1-3-8(9)5-6-19(14)21/h1-7,20H. The Kier molecular flexibility index (Phi) is 3.94. The van der Waals surface area contributed by atoms with Crippen LogP contribution in [0.25, 0.3) is 22.0 Å². The summed E-state index contributed by atoms with van der Waals surface area (Å²) in [5.41, 5.74) is 1.09. The number of pyridine rings is 1. The highest BCUT2D eigenvalue weighted by Gasteiger charge is 2.23. The molecule has 0 fully saturated rings. The van der Waals surface area contributed by atoms with Gasteiger partial charge in [-0.05, 0) is 65.3 Å². The van der Waals surface area contributed by atoms with E-state index < -0.39 is 0 Å². The second kappa shape index (κ2) is 5.59. The number of aromatic nitrogens is 1. The van der Waals surface area contributed by atoms with Gasteiger partial charge in [0.05, 0.1) is 19.9 Å². The van der Waals surface area contributed by atoms with E-state index in [1.54, 1.807) is 12.1 Å². The number of halogens is 3. The lowest BCUT2D eigenvalue weighted by molar-refractivity contribution is -0.592. The van der Waals surface area contributed by atoms with E-state index in [4.69, 9.17) is 0 Å². The number of aromatic hydroxyl groups is 1. The molecule has 106 valence electrons. The summed E-state index contributed by atoms with van der Waals surface area (Å²) in [4.78, 5) is 0. The molecule has 21 heavy (non-hydrogen) atoms. The first-order chi connectivity index (χ1) is 10.0. The van der Waals surface area contributed by atoms with E-state index in [1.807, 2.05) is 24.3 Å². The molecule has 0 aliphatic heterocycles. The maximum atomic E-state index is 12.3.